The average molecular weight is 504 g/mol. The minimum atomic E-state index is 0. The molecule has 1 amide bonds. The van der Waals surface area contributed by atoms with Gasteiger partial charge in [0.15, 0.2) is 5.96 Å². The summed E-state index contributed by atoms with van der Waals surface area (Å²) in [6, 6.07) is 7.73. The molecule has 160 valence electrons. The molecule has 6 nitrogen and oxygen atoms in total. The molecule has 7 heteroatoms. The number of guanidine groups is 1. The Morgan fingerprint density at radius 2 is 1.75 bits per heavy atom. The van der Waals surface area contributed by atoms with Crippen molar-refractivity contribution in [2.75, 3.05) is 39.9 Å². The van der Waals surface area contributed by atoms with E-state index in [2.05, 4.69) is 29.5 Å². The van der Waals surface area contributed by atoms with Gasteiger partial charge in [0.2, 0.25) is 0 Å². The van der Waals surface area contributed by atoms with E-state index in [9.17, 15) is 4.79 Å². The number of aliphatic imine (C=N–C) groups is 1. The first-order valence-electron chi connectivity index (χ1n) is 9.92. The predicted molar refractivity (Wildman–Crippen MR) is 128 cm³/mol. The molecule has 0 spiro atoms. The smallest absolute Gasteiger partial charge is 0.253 e. The number of halogens is 1. The van der Waals surface area contributed by atoms with Crippen LogP contribution in [0.2, 0.25) is 0 Å². The van der Waals surface area contributed by atoms with Crippen LogP contribution in [0.15, 0.2) is 29.3 Å². The normalized spacial score (nSPS) is 11.1. The SMILES string of the molecule is CCN(CC)C(=O)c1ccc(CNC(=NC)NCCOCCC(C)C)cc1.I. The van der Waals surface area contributed by atoms with Crippen LogP contribution in [-0.4, -0.2) is 56.7 Å². The Kier molecular flexibility index (Phi) is 14.8. The lowest BCUT2D eigenvalue weighted by atomic mass is 10.1. The summed E-state index contributed by atoms with van der Waals surface area (Å²) in [5.74, 6) is 1.49. The fourth-order valence-electron chi connectivity index (χ4n) is 2.53. The van der Waals surface area contributed by atoms with E-state index in [0.717, 1.165) is 49.7 Å². The molecule has 1 aromatic rings. The first-order chi connectivity index (χ1) is 13.0. The second-order valence-corrected chi connectivity index (χ2v) is 6.82. The Morgan fingerprint density at radius 1 is 1.11 bits per heavy atom. The maximum Gasteiger partial charge on any atom is 0.253 e. The maximum absolute atomic E-state index is 12.3. The predicted octanol–water partition coefficient (Wildman–Crippen LogP) is 3.51. The zero-order valence-corrected chi connectivity index (χ0v) is 20.3. The lowest BCUT2D eigenvalue weighted by Gasteiger charge is -2.18. The van der Waals surface area contributed by atoms with Crippen LogP contribution in [0.3, 0.4) is 0 Å². The molecule has 2 N–H and O–H groups in total. The van der Waals surface area contributed by atoms with E-state index >= 15 is 0 Å². The van der Waals surface area contributed by atoms with Crippen LogP contribution in [0.5, 0.6) is 0 Å². The molecular formula is C21H37IN4O2. The summed E-state index contributed by atoms with van der Waals surface area (Å²) in [6.07, 6.45) is 1.08. The van der Waals surface area contributed by atoms with Crippen LogP contribution in [0.25, 0.3) is 0 Å². The van der Waals surface area contributed by atoms with Crippen molar-refractivity contribution in [2.24, 2.45) is 10.9 Å². The van der Waals surface area contributed by atoms with E-state index in [1.807, 2.05) is 43.0 Å². The number of rotatable bonds is 11. The number of ether oxygens (including phenoxy) is 1. The molecule has 0 unspecified atom stereocenters. The quantitative estimate of drug-likeness (QED) is 0.210. The van der Waals surface area contributed by atoms with Crippen molar-refractivity contribution < 1.29 is 9.53 Å². The summed E-state index contributed by atoms with van der Waals surface area (Å²) < 4.78 is 5.59. The third-order valence-corrected chi connectivity index (χ3v) is 4.31. The van der Waals surface area contributed by atoms with Crippen molar-refractivity contribution >= 4 is 35.8 Å². The molecule has 1 aromatic carbocycles. The number of hydrogen-bond acceptors (Lipinski definition) is 3. The van der Waals surface area contributed by atoms with Crippen molar-refractivity contribution in [3.05, 3.63) is 35.4 Å². The van der Waals surface area contributed by atoms with Crippen LogP contribution in [0.4, 0.5) is 0 Å². The van der Waals surface area contributed by atoms with Crippen molar-refractivity contribution in [1.82, 2.24) is 15.5 Å². The van der Waals surface area contributed by atoms with Crippen molar-refractivity contribution in [3.8, 4) is 0 Å². The molecule has 0 aromatic heterocycles. The first kappa shape index (κ1) is 26.6. The molecular weight excluding hydrogens is 467 g/mol. The van der Waals surface area contributed by atoms with Gasteiger partial charge in [-0.1, -0.05) is 26.0 Å². The van der Waals surface area contributed by atoms with Gasteiger partial charge >= 0.3 is 0 Å². The largest absolute Gasteiger partial charge is 0.380 e. The fourth-order valence-corrected chi connectivity index (χ4v) is 2.53. The van der Waals surface area contributed by atoms with Gasteiger partial charge in [-0.2, -0.15) is 0 Å². The molecule has 0 aliphatic heterocycles. The van der Waals surface area contributed by atoms with Crippen molar-refractivity contribution in [3.63, 3.8) is 0 Å². The van der Waals surface area contributed by atoms with Crippen molar-refractivity contribution in [1.29, 1.82) is 0 Å². The highest BCUT2D eigenvalue weighted by Gasteiger charge is 2.11. The summed E-state index contributed by atoms with van der Waals surface area (Å²) >= 11 is 0. The van der Waals surface area contributed by atoms with Gasteiger partial charge in [0.25, 0.3) is 5.91 Å². The molecule has 0 atom stereocenters. The van der Waals surface area contributed by atoms with E-state index in [1.165, 1.54) is 0 Å². The van der Waals surface area contributed by atoms with Crippen LogP contribution < -0.4 is 10.6 Å². The van der Waals surface area contributed by atoms with Crippen LogP contribution >= 0.6 is 24.0 Å². The Labute approximate surface area is 187 Å². The Balaban J connectivity index is 0.00000729. The monoisotopic (exact) mass is 504 g/mol. The highest BCUT2D eigenvalue weighted by molar-refractivity contribution is 14.0. The minimum absolute atomic E-state index is 0. The standard InChI is InChI=1S/C21H36N4O2.HI/c1-6-25(7-2)20(26)19-10-8-18(9-11-19)16-24-21(22-5)23-13-15-27-14-12-17(3)4;/h8-11,17H,6-7,12-16H2,1-5H3,(H2,22,23,24);1H. The minimum Gasteiger partial charge on any atom is -0.380 e. The molecule has 0 saturated carbocycles. The number of benzene rings is 1. The zero-order chi connectivity index (χ0) is 20.1. The van der Waals surface area contributed by atoms with E-state index < -0.39 is 0 Å². The van der Waals surface area contributed by atoms with Gasteiger partial charge in [-0.25, -0.2) is 0 Å². The number of nitrogens with one attached hydrogen (secondary N) is 2. The molecule has 0 heterocycles. The van der Waals surface area contributed by atoms with Gasteiger partial charge in [-0.3, -0.25) is 9.79 Å². The van der Waals surface area contributed by atoms with E-state index in [1.54, 1.807) is 7.05 Å². The second kappa shape index (κ2) is 15.6. The van der Waals surface area contributed by atoms with Gasteiger partial charge in [-0.15, -0.1) is 24.0 Å². The number of carbonyl (C=O) groups is 1. The summed E-state index contributed by atoms with van der Waals surface area (Å²) in [4.78, 5) is 18.4. The number of amides is 1. The van der Waals surface area contributed by atoms with Gasteiger partial charge in [0, 0.05) is 45.4 Å². The second-order valence-electron chi connectivity index (χ2n) is 6.82. The summed E-state index contributed by atoms with van der Waals surface area (Å²) in [6.45, 7) is 12.6. The summed E-state index contributed by atoms with van der Waals surface area (Å²) in [5, 5.41) is 6.52. The maximum atomic E-state index is 12.3. The highest BCUT2D eigenvalue weighted by atomic mass is 127. The topological polar surface area (TPSA) is 66.0 Å². The number of hydrogen-bond donors (Lipinski definition) is 2. The summed E-state index contributed by atoms with van der Waals surface area (Å²) in [5.41, 5.74) is 1.82. The zero-order valence-electron chi connectivity index (χ0n) is 18.0. The molecule has 0 aliphatic carbocycles. The van der Waals surface area contributed by atoms with E-state index in [-0.39, 0.29) is 29.9 Å². The molecule has 0 bridgehead atoms. The van der Waals surface area contributed by atoms with Gasteiger partial charge in [-0.05, 0) is 43.9 Å². The van der Waals surface area contributed by atoms with E-state index in [0.29, 0.717) is 19.1 Å². The lowest BCUT2D eigenvalue weighted by Crippen LogP contribution is -2.38. The Morgan fingerprint density at radius 3 is 2.29 bits per heavy atom. The third-order valence-electron chi connectivity index (χ3n) is 4.31. The molecule has 0 saturated heterocycles. The van der Waals surface area contributed by atoms with Gasteiger partial charge in [0.05, 0.1) is 6.61 Å². The van der Waals surface area contributed by atoms with Gasteiger partial charge < -0.3 is 20.3 Å². The van der Waals surface area contributed by atoms with E-state index in [4.69, 9.17) is 4.74 Å². The Hall–Kier alpha value is -1.35. The molecule has 28 heavy (non-hydrogen) atoms. The molecule has 0 aliphatic rings. The molecule has 0 fully saturated rings. The average Bonchev–Trinajstić information content (AvgIpc) is 2.67. The molecule has 1 rings (SSSR count). The number of nitrogens with zero attached hydrogens (tertiary/aromatic N) is 2. The first-order valence-corrected chi connectivity index (χ1v) is 9.92. The van der Waals surface area contributed by atoms with Crippen LogP contribution in [-0.2, 0) is 11.3 Å². The highest BCUT2D eigenvalue weighted by Crippen LogP contribution is 2.08. The van der Waals surface area contributed by atoms with Crippen LogP contribution in [0, 0.1) is 5.92 Å². The van der Waals surface area contributed by atoms with Gasteiger partial charge in [0.1, 0.15) is 0 Å². The summed E-state index contributed by atoms with van der Waals surface area (Å²) in [7, 11) is 1.75. The van der Waals surface area contributed by atoms with Crippen molar-refractivity contribution in [2.45, 2.75) is 40.7 Å². The Bertz CT molecular complexity index is 572. The fraction of sp³-hybridized carbons (Fsp3) is 0.619. The molecule has 0 radical (unpaired) electrons. The number of carbonyl (C=O) groups excluding carboxylic acids is 1. The lowest BCUT2D eigenvalue weighted by molar-refractivity contribution is 0.0773. The third kappa shape index (κ3) is 10.3. The van der Waals surface area contributed by atoms with Crippen LogP contribution in [0.1, 0.15) is 50.0 Å².